The number of hydrogen-bond acceptors (Lipinski definition) is 4. The summed E-state index contributed by atoms with van der Waals surface area (Å²) in [5.74, 6) is 0. The number of aromatic nitrogens is 2. The normalized spacial score (nSPS) is 12.4. The molecule has 0 fully saturated rings. The summed E-state index contributed by atoms with van der Waals surface area (Å²) in [6.07, 6.45) is 0.921. The van der Waals surface area contributed by atoms with Crippen LogP contribution >= 0.6 is 11.8 Å². The van der Waals surface area contributed by atoms with Crippen LogP contribution in [0, 0.1) is 20.8 Å². The van der Waals surface area contributed by atoms with Crippen LogP contribution in [-0.4, -0.2) is 9.97 Å². The largest absolute Gasteiger partial charge is 0.324 e. The van der Waals surface area contributed by atoms with Crippen molar-refractivity contribution in [3.63, 3.8) is 0 Å². The molecule has 0 aliphatic heterocycles. The average Bonchev–Trinajstić information content (AvgIpc) is 2.44. The van der Waals surface area contributed by atoms with Gasteiger partial charge in [0.25, 0.3) is 0 Å². The Kier molecular flexibility index (Phi) is 4.78. The molecule has 2 rings (SSSR count). The van der Waals surface area contributed by atoms with Crippen LogP contribution in [0.5, 0.6) is 0 Å². The van der Waals surface area contributed by atoms with Crippen LogP contribution in [0.3, 0.4) is 0 Å². The van der Waals surface area contributed by atoms with Gasteiger partial charge in [0.1, 0.15) is 0 Å². The van der Waals surface area contributed by atoms with Gasteiger partial charge in [0.15, 0.2) is 5.16 Å². The van der Waals surface area contributed by atoms with Gasteiger partial charge in [0.05, 0.1) is 0 Å². The maximum Gasteiger partial charge on any atom is 0.192 e. The Morgan fingerprint density at radius 1 is 1.10 bits per heavy atom. The van der Waals surface area contributed by atoms with Gasteiger partial charge in [-0.25, -0.2) is 9.97 Å². The first-order chi connectivity index (χ1) is 9.52. The molecule has 0 bridgehead atoms. The average molecular weight is 287 g/mol. The molecule has 0 aliphatic rings. The fourth-order valence-electron chi connectivity index (χ4n) is 1.99. The summed E-state index contributed by atoms with van der Waals surface area (Å²) in [6, 6.07) is 8.29. The van der Waals surface area contributed by atoms with Gasteiger partial charge in [-0.2, -0.15) is 0 Å². The molecule has 20 heavy (non-hydrogen) atoms. The van der Waals surface area contributed by atoms with E-state index in [-0.39, 0.29) is 6.04 Å². The summed E-state index contributed by atoms with van der Waals surface area (Å²) < 4.78 is 0. The zero-order valence-corrected chi connectivity index (χ0v) is 13.3. The van der Waals surface area contributed by atoms with E-state index in [9.17, 15) is 0 Å². The van der Waals surface area contributed by atoms with Crippen molar-refractivity contribution in [2.45, 2.75) is 50.2 Å². The number of rotatable bonds is 4. The second-order valence-electron chi connectivity index (χ2n) is 4.96. The first-order valence-electron chi connectivity index (χ1n) is 6.87. The van der Waals surface area contributed by atoms with Crippen LogP contribution in [0.1, 0.15) is 41.9 Å². The van der Waals surface area contributed by atoms with Crippen LogP contribution in [0.4, 0.5) is 0 Å². The monoisotopic (exact) mass is 287 g/mol. The number of aryl methyl sites for hydroxylation is 2. The summed E-state index contributed by atoms with van der Waals surface area (Å²) in [4.78, 5) is 10.3. The van der Waals surface area contributed by atoms with Crippen LogP contribution in [0.2, 0.25) is 0 Å². The quantitative estimate of drug-likeness (QED) is 0.865. The summed E-state index contributed by atoms with van der Waals surface area (Å²) in [5, 5.41) is 0.793. The maximum atomic E-state index is 6.18. The molecule has 0 amide bonds. The van der Waals surface area contributed by atoms with Gasteiger partial charge < -0.3 is 5.73 Å². The molecule has 0 unspecified atom stereocenters. The van der Waals surface area contributed by atoms with E-state index in [2.05, 4.69) is 35.9 Å². The Bertz CT molecular complexity index is 587. The van der Waals surface area contributed by atoms with Gasteiger partial charge in [0, 0.05) is 22.3 Å². The molecule has 0 radical (unpaired) electrons. The van der Waals surface area contributed by atoms with E-state index >= 15 is 0 Å². The Balaban J connectivity index is 2.35. The molecule has 0 saturated carbocycles. The lowest BCUT2D eigenvalue weighted by atomic mass is 10.1. The lowest BCUT2D eigenvalue weighted by Gasteiger charge is -2.14. The van der Waals surface area contributed by atoms with Crippen molar-refractivity contribution >= 4 is 11.8 Å². The Morgan fingerprint density at radius 3 is 2.30 bits per heavy atom. The van der Waals surface area contributed by atoms with Crippen molar-refractivity contribution in [2.24, 2.45) is 5.73 Å². The molecular weight excluding hydrogens is 266 g/mol. The zero-order chi connectivity index (χ0) is 14.7. The summed E-state index contributed by atoms with van der Waals surface area (Å²) in [6.45, 7) is 8.21. The number of nitrogens with two attached hydrogens (primary N) is 1. The third-order valence-corrected chi connectivity index (χ3v) is 4.53. The Labute approximate surface area is 125 Å². The predicted molar refractivity (Wildman–Crippen MR) is 84.0 cm³/mol. The molecule has 1 heterocycles. The number of hydrogen-bond donors (Lipinski definition) is 1. The van der Waals surface area contributed by atoms with Gasteiger partial charge in [0.2, 0.25) is 0 Å². The lowest BCUT2D eigenvalue weighted by molar-refractivity contribution is 0.685. The van der Waals surface area contributed by atoms with E-state index in [4.69, 9.17) is 5.73 Å². The molecule has 0 spiro atoms. The molecule has 106 valence electrons. The molecule has 2 N–H and O–H groups in total. The van der Waals surface area contributed by atoms with E-state index in [0.29, 0.717) is 0 Å². The van der Waals surface area contributed by atoms with Crippen LogP contribution < -0.4 is 5.73 Å². The highest BCUT2D eigenvalue weighted by atomic mass is 32.2. The molecule has 2 aromatic rings. The summed E-state index contributed by atoms with van der Waals surface area (Å²) >= 11 is 1.59. The molecule has 1 aromatic carbocycles. The van der Waals surface area contributed by atoms with Crippen molar-refractivity contribution in [3.05, 3.63) is 46.8 Å². The standard InChI is InChI=1S/C16H21N3S/c1-5-14(17)13-8-6-7-9-15(13)20-16-18-11(3)10(2)12(4)19-16/h6-9,14H,5,17H2,1-4H3/t14-/m1/s1. The highest BCUT2D eigenvalue weighted by Crippen LogP contribution is 2.32. The third kappa shape index (κ3) is 3.19. The second-order valence-corrected chi connectivity index (χ2v) is 5.97. The Hall–Kier alpha value is -1.39. The number of nitrogens with zero attached hydrogens (tertiary/aromatic N) is 2. The maximum absolute atomic E-state index is 6.18. The molecule has 3 nitrogen and oxygen atoms in total. The first-order valence-corrected chi connectivity index (χ1v) is 7.68. The van der Waals surface area contributed by atoms with Gasteiger partial charge in [-0.1, -0.05) is 25.1 Å². The van der Waals surface area contributed by atoms with Crippen molar-refractivity contribution in [1.29, 1.82) is 0 Å². The van der Waals surface area contributed by atoms with Gasteiger partial charge in [-0.15, -0.1) is 0 Å². The van der Waals surface area contributed by atoms with Crippen molar-refractivity contribution in [2.75, 3.05) is 0 Å². The van der Waals surface area contributed by atoms with E-state index in [1.807, 2.05) is 26.0 Å². The highest BCUT2D eigenvalue weighted by Gasteiger charge is 2.12. The van der Waals surface area contributed by atoms with Crippen LogP contribution in [0.15, 0.2) is 34.3 Å². The van der Waals surface area contributed by atoms with Crippen LogP contribution in [0.25, 0.3) is 0 Å². The molecular formula is C16H21N3S. The van der Waals surface area contributed by atoms with E-state index in [1.54, 1.807) is 11.8 Å². The minimum atomic E-state index is 0.0614. The van der Waals surface area contributed by atoms with Crippen molar-refractivity contribution in [1.82, 2.24) is 9.97 Å². The van der Waals surface area contributed by atoms with Crippen molar-refractivity contribution < 1.29 is 0 Å². The molecule has 1 aromatic heterocycles. The molecule has 4 heteroatoms. The smallest absolute Gasteiger partial charge is 0.192 e. The fraction of sp³-hybridized carbons (Fsp3) is 0.375. The van der Waals surface area contributed by atoms with Crippen molar-refractivity contribution in [3.8, 4) is 0 Å². The minimum absolute atomic E-state index is 0.0614. The highest BCUT2D eigenvalue weighted by molar-refractivity contribution is 7.99. The van der Waals surface area contributed by atoms with E-state index < -0.39 is 0 Å². The van der Waals surface area contributed by atoms with Gasteiger partial charge >= 0.3 is 0 Å². The van der Waals surface area contributed by atoms with Gasteiger partial charge in [-0.05, 0) is 56.1 Å². The fourth-order valence-corrected chi connectivity index (χ4v) is 3.03. The molecule has 0 saturated heterocycles. The third-order valence-electron chi connectivity index (χ3n) is 3.57. The molecule has 0 aliphatic carbocycles. The van der Waals surface area contributed by atoms with Gasteiger partial charge in [-0.3, -0.25) is 0 Å². The first kappa shape index (κ1) is 15.0. The summed E-state index contributed by atoms with van der Waals surface area (Å²) in [5.41, 5.74) is 10.6. The Morgan fingerprint density at radius 2 is 1.70 bits per heavy atom. The SMILES string of the molecule is CC[C@@H](N)c1ccccc1Sc1nc(C)c(C)c(C)n1. The minimum Gasteiger partial charge on any atom is -0.324 e. The second kappa shape index (κ2) is 6.37. The topological polar surface area (TPSA) is 51.8 Å². The van der Waals surface area contributed by atoms with Crippen LogP contribution in [-0.2, 0) is 0 Å². The number of benzene rings is 1. The lowest BCUT2D eigenvalue weighted by Crippen LogP contribution is -2.09. The van der Waals surface area contributed by atoms with E-state index in [1.165, 1.54) is 5.56 Å². The van der Waals surface area contributed by atoms with E-state index in [0.717, 1.165) is 33.4 Å². The molecule has 1 atom stereocenters. The predicted octanol–water partition coefficient (Wildman–Crippen LogP) is 3.96. The summed E-state index contributed by atoms with van der Waals surface area (Å²) in [7, 11) is 0. The zero-order valence-electron chi connectivity index (χ0n) is 12.5.